The summed E-state index contributed by atoms with van der Waals surface area (Å²) in [4.78, 5) is 0. The Bertz CT molecular complexity index is 53.7. The van der Waals surface area contributed by atoms with Crippen molar-refractivity contribution in [2.24, 2.45) is 0 Å². The predicted molar refractivity (Wildman–Crippen MR) is 33.0 cm³/mol. The molecule has 0 radical (unpaired) electrons. The van der Waals surface area contributed by atoms with Crippen molar-refractivity contribution < 1.29 is 4.43 Å². The monoisotopic (exact) mass is 136 g/mol. The molecule has 1 aliphatic heterocycles. The molecule has 0 saturated carbocycles. The molecule has 0 aromatic heterocycles. The van der Waals surface area contributed by atoms with E-state index in [1.807, 2.05) is 0 Å². The van der Waals surface area contributed by atoms with Crippen LogP contribution < -0.4 is 0 Å². The molecule has 0 aliphatic carbocycles. The van der Waals surface area contributed by atoms with Crippen LogP contribution in [0, 0.1) is 0 Å². The van der Waals surface area contributed by atoms with E-state index in [2.05, 4.69) is 0 Å². The van der Waals surface area contributed by atoms with Crippen molar-refractivity contribution in [1.29, 1.82) is 0 Å². The highest BCUT2D eigenvalue weighted by atomic mass is 35.6. The van der Waals surface area contributed by atoms with Crippen LogP contribution in [0.1, 0.15) is 12.8 Å². The van der Waals surface area contributed by atoms with Gasteiger partial charge in [-0.2, -0.15) is 0 Å². The quantitative estimate of drug-likeness (QED) is 0.360. The fourth-order valence-corrected chi connectivity index (χ4v) is 2.63. The molecule has 0 N–H and O–H groups in total. The molecule has 0 spiro atoms. The summed E-state index contributed by atoms with van der Waals surface area (Å²) in [6, 6.07) is 1.17. The van der Waals surface area contributed by atoms with Gasteiger partial charge in [0, 0.05) is 6.61 Å². The molecule has 1 atom stereocenters. The summed E-state index contributed by atoms with van der Waals surface area (Å²) in [6.45, 7) is 0.917. The van der Waals surface area contributed by atoms with Crippen molar-refractivity contribution in [3.8, 4) is 0 Å². The molecule has 0 aromatic rings. The van der Waals surface area contributed by atoms with Gasteiger partial charge in [0.25, 0.3) is 8.35 Å². The average Bonchev–Trinajstić information content (AvgIpc) is 1.69. The summed E-state index contributed by atoms with van der Waals surface area (Å²) >= 11 is 5.73. The molecule has 1 saturated heterocycles. The van der Waals surface area contributed by atoms with Crippen molar-refractivity contribution >= 4 is 19.4 Å². The molecule has 7 heavy (non-hydrogen) atoms. The van der Waals surface area contributed by atoms with Crippen LogP contribution in [0.15, 0.2) is 0 Å². The number of hydrogen-bond acceptors (Lipinski definition) is 1. The maximum absolute atomic E-state index is 5.73. The smallest absolute Gasteiger partial charge is 0.274 e. The van der Waals surface area contributed by atoms with Crippen molar-refractivity contribution in [3.05, 3.63) is 0 Å². The molecular weight excluding hydrogens is 128 g/mol. The minimum Gasteiger partial charge on any atom is -0.405 e. The SMILES string of the molecule is Cl[SiH]1CCCCO1. The summed E-state index contributed by atoms with van der Waals surface area (Å²) in [5.41, 5.74) is 0. The zero-order valence-electron chi connectivity index (χ0n) is 4.19. The van der Waals surface area contributed by atoms with Gasteiger partial charge in [-0.15, -0.1) is 11.1 Å². The van der Waals surface area contributed by atoms with Gasteiger partial charge in [-0.1, -0.05) is 6.42 Å². The van der Waals surface area contributed by atoms with E-state index in [1.165, 1.54) is 18.9 Å². The summed E-state index contributed by atoms with van der Waals surface area (Å²) in [5.74, 6) is 0. The van der Waals surface area contributed by atoms with Crippen LogP contribution in [-0.2, 0) is 4.43 Å². The Hall–Kier alpha value is 0.467. The Kier molecular flexibility index (Phi) is 2.16. The fraction of sp³-hybridized carbons (Fsp3) is 1.00. The highest BCUT2D eigenvalue weighted by Gasteiger charge is 2.11. The third-order valence-corrected chi connectivity index (χ3v) is 3.62. The van der Waals surface area contributed by atoms with E-state index in [-0.39, 0.29) is 0 Å². The van der Waals surface area contributed by atoms with Gasteiger partial charge in [0.15, 0.2) is 0 Å². The lowest BCUT2D eigenvalue weighted by Crippen LogP contribution is -2.16. The molecule has 0 aromatic carbocycles. The van der Waals surface area contributed by atoms with E-state index in [1.54, 1.807) is 0 Å². The second-order valence-electron chi connectivity index (χ2n) is 1.78. The molecule has 1 rings (SSSR count). The van der Waals surface area contributed by atoms with E-state index in [0.29, 0.717) is 0 Å². The van der Waals surface area contributed by atoms with Crippen molar-refractivity contribution in [1.82, 2.24) is 0 Å². The lowest BCUT2D eigenvalue weighted by Gasteiger charge is -2.13. The first-order chi connectivity index (χ1) is 3.39. The standard InChI is InChI=1S/C4H9ClOSi/c5-7-4-2-1-3-6-7/h7H,1-4H2. The highest BCUT2D eigenvalue weighted by molar-refractivity contribution is 7.03. The molecule has 3 heteroatoms. The molecule has 1 nitrogen and oxygen atoms in total. The number of rotatable bonds is 0. The average molecular weight is 137 g/mol. The van der Waals surface area contributed by atoms with Crippen molar-refractivity contribution in [3.63, 3.8) is 0 Å². The zero-order valence-corrected chi connectivity index (χ0v) is 6.10. The number of halogens is 1. The second kappa shape index (κ2) is 2.70. The molecule has 1 heterocycles. The Balaban J connectivity index is 2.12. The van der Waals surface area contributed by atoms with Gasteiger partial charge >= 0.3 is 0 Å². The van der Waals surface area contributed by atoms with Crippen LogP contribution in [-0.4, -0.2) is 15.0 Å². The Labute approximate surface area is 50.1 Å². The maximum Gasteiger partial charge on any atom is 0.274 e. The Morgan fingerprint density at radius 3 is 2.57 bits per heavy atom. The topological polar surface area (TPSA) is 9.23 Å². The first kappa shape index (κ1) is 5.60. The molecular formula is C4H9ClOSi. The van der Waals surface area contributed by atoms with Gasteiger partial charge in [-0.3, -0.25) is 0 Å². The van der Waals surface area contributed by atoms with Crippen LogP contribution in [0.3, 0.4) is 0 Å². The van der Waals surface area contributed by atoms with Crippen LogP contribution in [0.2, 0.25) is 6.04 Å². The molecule has 42 valence electrons. The van der Waals surface area contributed by atoms with E-state index in [0.717, 1.165) is 6.61 Å². The molecule has 1 unspecified atom stereocenters. The van der Waals surface area contributed by atoms with Gasteiger partial charge in [-0.05, 0) is 12.5 Å². The zero-order chi connectivity index (χ0) is 5.11. The summed E-state index contributed by atoms with van der Waals surface area (Å²) in [7, 11) is -1.12. The molecule has 1 fully saturated rings. The Morgan fingerprint density at radius 2 is 2.29 bits per heavy atom. The van der Waals surface area contributed by atoms with Crippen molar-refractivity contribution in [2.75, 3.05) is 6.61 Å². The summed E-state index contributed by atoms with van der Waals surface area (Å²) in [6.07, 6.45) is 2.51. The van der Waals surface area contributed by atoms with E-state index >= 15 is 0 Å². The molecule has 0 amide bonds. The van der Waals surface area contributed by atoms with Gasteiger partial charge in [-0.25, -0.2) is 0 Å². The summed E-state index contributed by atoms with van der Waals surface area (Å²) < 4.78 is 5.18. The number of hydrogen-bond donors (Lipinski definition) is 0. The van der Waals surface area contributed by atoms with Crippen LogP contribution in [0.5, 0.6) is 0 Å². The minimum atomic E-state index is -1.12. The second-order valence-corrected chi connectivity index (χ2v) is 4.97. The largest absolute Gasteiger partial charge is 0.405 e. The molecule has 0 bridgehead atoms. The third kappa shape index (κ3) is 1.80. The first-order valence-corrected chi connectivity index (χ1v) is 5.68. The lowest BCUT2D eigenvalue weighted by molar-refractivity contribution is 0.299. The normalized spacial score (nSPS) is 33.0. The molecule has 1 aliphatic rings. The fourth-order valence-electron chi connectivity index (χ4n) is 0.701. The van der Waals surface area contributed by atoms with Crippen molar-refractivity contribution in [2.45, 2.75) is 18.9 Å². The first-order valence-electron chi connectivity index (χ1n) is 2.65. The highest BCUT2D eigenvalue weighted by Crippen LogP contribution is 2.12. The van der Waals surface area contributed by atoms with Crippen LogP contribution in [0.25, 0.3) is 0 Å². The van der Waals surface area contributed by atoms with Crippen LogP contribution >= 0.6 is 11.1 Å². The summed E-state index contributed by atoms with van der Waals surface area (Å²) in [5, 5.41) is 0. The van der Waals surface area contributed by atoms with Gasteiger partial charge in [0.05, 0.1) is 0 Å². The minimum absolute atomic E-state index is 0.917. The van der Waals surface area contributed by atoms with Gasteiger partial charge in [0.2, 0.25) is 0 Å². The third-order valence-electron chi connectivity index (χ3n) is 1.12. The lowest BCUT2D eigenvalue weighted by atomic mass is 10.4. The van der Waals surface area contributed by atoms with Gasteiger partial charge in [0.1, 0.15) is 0 Å². The van der Waals surface area contributed by atoms with E-state index in [9.17, 15) is 0 Å². The predicted octanol–water partition coefficient (Wildman–Crippen LogP) is 1.26. The van der Waals surface area contributed by atoms with E-state index in [4.69, 9.17) is 15.5 Å². The van der Waals surface area contributed by atoms with Crippen LogP contribution in [0.4, 0.5) is 0 Å². The van der Waals surface area contributed by atoms with E-state index < -0.39 is 8.35 Å². The van der Waals surface area contributed by atoms with Gasteiger partial charge < -0.3 is 4.43 Å². The Morgan fingerprint density at radius 1 is 1.43 bits per heavy atom. The maximum atomic E-state index is 5.73.